The highest BCUT2D eigenvalue weighted by Gasteiger charge is 2.14. The molecule has 0 saturated carbocycles. The van der Waals surface area contributed by atoms with Crippen LogP contribution in [0.5, 0.6) is 5.75 Å². The van der Waals surface area contributed by atoms with Crippen molar-refractivity contribution in [3.8, 4) is 5.75 Å². The van der Waals surface area contributed by atoms with E-state index in [4.69, 9.17) is 21.1 Å². The summed E-state index contributed by atoms with van der Waals surface area (Å²) in [5.74, 6) is -2.82. The standard InChI is InChI=1S/C7H5NO5.C7H7NO2/c9-6-2-1-4(8(12)13)3-5(6)7(10)11;8-6-3-1-5(2-4-6)7(9)10/h1-3,9H,(H,10,11);1-4H,8H2,(H,9,10). The summed E-state index contributed by atoms with van der Waals surface area (Å²) in [7, 11) is 0. The van der Waals surface area contributed by atoms with Crippen LogP contribution < -0.4 is 5.73 Å². The largest absolute Gasteiger partial charge is 0.507 e. The number of hydrogen-bond acceptors (Lipinski definition) is 6. The van der Waals surface area contributed by atoms with Crippen LogP contribution in [0.3, 0.4) is 0 Å². The molecule has 2 rings (SSSR count). The molecular weight excluding hydrogens is 308 g/mol. The van der Waals surface area contributed by atoms with Crippen LogP contribution in [0.4, 0.5) is 11.4 Å². The lowest BCUT2D eigenvalue weighted by Gasteiger charge is -1.97. The number of benzene rings is 2. The molecule has 0 aliphatic rings. The van der Waals surface area contributed by atoms with Gasteiger partial charge in [0.25, 0.3) is 5.69 Å². The number of nitrogen functional groups attached to an aromatic ring is 1. The second-order valence-electron chi connectivity index (χ2n) is 4.19. The van der Waals surface area contributed by atoms with Crippen molar-refractivity contribution in [2.75, 3.05) is 5.73 Å². The number of carboxylic acids is 2. The predicted molar refractivity (Wildman–Crippen MR) is 79.5 cm³/mol. The number of nitro benzene ring substituents is 1. The lowest BCUT2D eigenvalue weighted by Crippen LogP contribution is -1.98. The molecule has 0 aromatic heterocycles. The molecule has 23 heavy (non-hydrogen) atoms. The highest BCUT2D eigenvalue weighted by Crippen LogP contribution is 2.22. The van der Waals surface area contributed by atoms with Gasteiger partial charge in [0.15, 0.2) is 0 Å². The number of nitro groups is 1. The van der Waals surface area contributed by atoms with Gasteiger partial charge in [-0.3, -0.25) is 10.1 Å². The molecule has 0 amide bonds. The van der Waals surface area contributed by atoms with E-state index in [1.807, 2.05) is 0 Å². The maximum absolute atomic E-state index is 10.4. The summed E-state index contributed by atoms with van der Waals surface area (Å²) in [4.78, 5) is 30.2. The Labute approximate surface area is 129 Å². The third-order valence-electron chi connectivity index (χ3n) is 2.58. The number of phenols is 1. The number of carbonyl (C=O) groups is 2. The Kier molecular flexibility index (Phi) is 5.61. The van der Waals surface area contributed by atoms with Gasteiger partial charge < -0.3 is 21.1 Å². The third kappa shape index (κ3) is 5.01. The molecule has 0 atom stereocenters. The maximum Gasteiger partial charge on any atom is 0.339 e. The molecule has 0 fully saturated rings. The zero-order valence-corrected chi connectivity index (χ0v) is 11.5. The van der Waals surface area contributed by atoms with E-state index in [9.17, 15) is 19.7 Å². The number of nitrogens with two attached hydrogens (primary N) is 1. The number of hydrogen-bond donors (Lipinski definition) is 4. The van der Waals surface area contributed by atoms with Crippen molar-refractivity contribution in [2.24, 2.45) is 0 Å². The van der Waals surface area contributed by atoms with Crippen molar-refractivity contribution in [3.63, 3.8) is 0 Å². The first-order valence-electron chi connectivity index (χ1n) is 6.02. The maximum atomic E-state index is 10.4. The van der Waals surface area contributed by atoms with Gasteiger partial charge in [-0.25, -0.2) is 9.59 Å². The molecule has 0 aliphatic heterocycles. The molecule has 2 aromatic rings. The Bertz CT molecular complexity index is 741. The molecular formula is C14H12N2O7. The first-order valence-corrected chi connectivity index (χ1v) is 6.02. The molecule has 9 nitrogen and oxygen atoms in total. The van der Waals surface area contributed by atoms with Gasteiger partial charge in [-0.05, 0) is 30.3 Å². The average molecular weight is 320 g/mol. The number of anilines is 1. The number of non-ortho nitro benzene ring substituents is 1. The summed E-state index contributed by atoms with van der Waals surface area (Å²) >= 11 is 0. The topological polar surface area (TPSA) is 164 Å². The highest BCUT2D eigenvalue weighted by molar-refractivity contribution is 5.91. The Morgan fingerprint density at radius 1 is 1.00 bits per heavy atom. The van der Waals surface area contributed by atoms with Crippen molar-refractivity contribution < 1.29 is 29.8 Å². The number of aromatic hydroxyl groups is 1. The Hall–Kier alpha value is -3.62. The zero-order valence-electron chi connectivity index (χ0n) is 11.5. The van der Waals surface area contributed by atoms with E-state index in [0.29, 0.717) is 5.69 Å². The van der Waals surface area contributed by atoms with E-state index in [-0.39, 0.29) is 11.3 Å². The lowest BCUT2D eigenvalue weighted by molar-refractivity contribution is -0.384. The smallest absolute Gasteiger partial charge is 0.339 e. The van der Waals surface area contributed by atoms with Gasteiger partial charge in [-0.1, -0.05) is 0 Å². The van der Waals surface area contributed by atoms with Crippen LogP contribution in [-0.2, 0) is 0 Å². The number of carboxylic acid groups (broad SMARTS) is 2. The van der Waals surface area contributed by atoms with Crippen LogP contribution >= 0.6 is 0 Å². The van der Waals surface area contributed by atoms with E-state index >= 15 is 0 Å². The first-order chi connectivity index (χ1) is 10.7. The van der Waals surface area contributed by atoms with E-state index in [0.717, 1.165) is 18.2 Å². The summed E-state index contributed by atoms with van der Waals surface area (Å²) < 4.78 is 0. The van der Waals surface area contributed by atoms with Crippen LogP contribution in [0.1, 0.15) is 20.7 Å². The number of aromatic carboxylic acids is 2. The molecule has 0 bridgehead atoms. The third-order valence-corrected chi connectivity index (χ3v) is 2.58. The zero-order chi connectivity index (χ0) is 17.6. The SMILES string of the molecule is Nc1ccc(C(=O)O)cc1.O=C(O)c1cc([N+](=O)[O-])ccc1O. The summed E-state index contributed by atoms with van der Waals surface area (Å²) in [6.07, 6.45) is 0. The summed E-state index contributed by atoms with van der Waals surface area (Å²) in [6, 6.07) is 8.86. The lowest BCUT2D eigenvalue weighted by atomic mass is 10.2. The van der Waals surface area contributed by atoms with Gasteiger partial charge in [0.05, 0.1) is 10.5 Å². The van der Waals surface area contributed by atoms with Gasteiger partial charge in [-0.2, -0.15) is 0 Å². The molecule has 0 spiro atoms. The van der Waals surface area contributed by atoms with Gasteiger partial charge in [-0.15, -0.1) is 0 Å². The van der Waals surface area contributed by atoms with Crippen LogP contribution in [0, 0.1) is 10.1 Å². The molecule has 9 heteroatoms. The first kappa shape index (κ1) is 17.4. The van der Waals surface area contributed by atoms with E-state index in [1.165, 1.54) is 12.1 Å². The molecule has 2 aromatic carbocycles. The Balaban J connectivity index is 0.000000238. The fourth-order valence-electron chi connectivity index (χ4n) is 1.43. The van der Waals surface area contributed by atoms with E-state index in [2.05, 4.69) is 0 Å². The van der Waals surface area contributed by atoms with Crippen molar-refractivity contribution in [1.29, 1.82) is 0 Å². The van der Waals surface area contributed by atoms with Gasteiger partial charge in [0.1, 0.15) is 11.3 Å². The predicted octanol–water partition coefficient (Wildman–Crippen LogP) is 1.97. The Morgan fingerprint density at radius 2 is 1.57 bits per heavy atom. The van der Waals surface area contributed by atoms with Crippen molar-refractivity contribution in [1.82, 2.24) is 0 Å². The molecule has 120 valence electrons. The van der Waals surface area contributed by atoms with Crippen molar-refractivity contribution >= 4 is 23.3 Å². The number of rotatable bonds is 3. The molecule has 0 heterocycles. The monoisotopic (exact) mass is 320 g/mol. The minimum absolute atomic E-state index is 0.259. The highest BCUT2D eigenvalue weighted by atomic mass is 16.6. The molecule has 5 N–H and O–H groups in total. The Morgan fingerprint density at radius 3 is 2.00 bits per heavy atom. The second kappa shape index (κ2) is 7.41. The summed E-state index contributed by atoms with van der Waals surface area (Å²) in [5, 5.41) is 36.1. The molecule has 0 radical (unpaired) electrons. The molecule has 0 aliphatic carbocycles. The fourth-order valence-corrected chi connectivity index (χ4v) is 1.43. The van der Waals surface area contributed by atoms with Crippen molar-refractivity contribution in [3.05, 3.63) is 63.7 Å². The van der Waals surface area contributed by atoms with Crippen LogP contribution in [0.15, 0.2) is 42.5 Å². The second-order valence-corrected chi connectivity index (χ2v) is 4.19. The number of nitrogens with zero attached hydrogens (tertiary/aromatic N) is 1. The summed E-state index contributed by atoms with van der Waals surface area (Å²) in [6.45, 7) is 0. The van der Waals surface area contributed by atoms with E-state index < -0.39 is 28.2 Å². The normalized spacial score (nSPS) is 9.39. The average Bonchev–Trinajstić information content (AvgIpc) is 2.48. The quantitative estimate of drug-likeness (QED) is 0.378. The minimum atomic E-state index is -1.40. The minimum Gasteiger partial charge on any atom is -0.507 e. The summed E-state index contributed by atoms with van der Waals surface area (Å²) in [5.41, 5.74) is 5.32. The fraction of sp³-hybridized carbons (Fsp3) is 0. The van der Waals surface area contributed by atoms with Crippen LogP contribution in [-0.4, -0.2) is 32.2 Å². The van der Waals surface area contributed by atoms with Crippen molar-refractivity contribution in [2.45, 2.75) is 0 Å². The van der Waals surface area contributed by atoms with Crippen LogP contribution in [0.25, 0.3) is 0 Å². The van der Waals surface area contributed by atoms with Gasteiger partial charge >= 0.3 is 11.9 Å². The molecule has 0 saturated heterocycles. The van der Waals surface area contributed by atoms with Crippen LogP contribution in [0.2, 0.25) is 0 Å². The van der Waals surface area contributed by atoms with E-state index in [1.54, 1.807) is 12.1 Å². The van der Waals surface area contributed by atoms with Gasteiger partial charge in [0.2, 0.25) is 0 Å². The molecule has 0 unspecified atom stereocenters. The van der Waals surface area contributed by atoms with Gasteiger partial charge in [0, 0.05) is 17.8 Å².